The zero-order valence-corrected chi connectivity index (χ0v) is 13.4. The molecule has 1 aromatic heterocycles. The van der Waals surface area contributed by atoms with Crippen molar-refractivity contribution >= 4 is 29.1 Å². The molecular weight excluding hydrogens is 354 g/mol. The molecule has 0 saturated heterocycles. The third kappa shape index (κ3) is 4.17. The number of aryl methyl sites for hydroxylation is 1. The van der Waals surface area contributed by atoms with Crippen LogP contribution in [0.3, 0.4) is 0 Å². The summed E-state index contributed by atoms with van der Waals surface area (Å²) in [7, 11) is 1.32. The van der Waals surface area contributed by atoms with Gasteiger partial charge in [0.05, 0.1) is 5.56 Å². The maximum Gasteiger partial charge on any atom is 0.435 e. The lowest BCUT2D eigenvalue weighted by Crippen LogP contribution is -2.27. The Morgan fingerprint density at radius 1 is 1.30 bits per heavy atom. The van der Waals surface area contributed by atoms with Gasteiger partial charge >= 0.3 is 6.18 Å². The van der Waals surface area contributed by atoms with Gasteiger partial charge in [0.25, 0.3) is 5.91 Å². The zero-order valence-electron chi connectivity index (χ0n) is 11.9. The zero-order chi connectivity index (χ0) is 17.2. The normalized spacial score (nSPS) is 11.6. The summed E-state index contributed by atoms with van der Waals surface area (Å²) in [6.07, 6.45) is -3.37. The Morgan fingerprint density at radius 2 is 1.91 bits per heavy atom. The van der Waals surface area contributed by atoms with E-state index in [4.69, 9.17) is 23.2 Å². The number of nitrogens with one attached hydrogen (secondary N) is 1. The molecule has 0 spiro atoms. The molecule has 0 aliphatic carbocycles. The van der Waals surface area contributed by atoms with Crippen LogP contribution in [0.25, 0.3) is 0 Å². The van der Waals surface area contributed by atoms with E-state index in [0.29, 0.717) is 22.0 Å². The summed E-state index contributed by atoms with van der Waals surface area (Å²) >= 11 is 12.0. The van der Waals surface area contributed by atoms with Gasteiger partial charge in [0.1, 0.15) is 0 Å². The van der Waals surface area contributed by atoms with Crippen LogP contribution in [0, 0.1) is 0 Å². The number of aromatic nitrogens is 2. The summed E-state index contributed by atoms with van der Waals surface area (Å²) < 4.78 is 39.4. The molecule has 0 aliphatic rings. The van der Waals surface area contributed by atoms with Crippen LogP contribution in [-0.2, 0) is 19.6 Å². The fourth-order valence-corrected chi connectivity index (χ4v) is 2.62. The molecule has 1 aromatic carbocycles. The SMILES string of the molecule is Cn1cc(C(=O)NCCc2c(Cl)cccc2Cl)c(C(F)(F)F)n1. The van der Waals surface area contributed by atoms with E-state index in [-0.39, 0.29) is 6.54 Å². The molecule has 0 atom stereocenters. The standard InChI is InChI=1S/C14H12Cl2F3N3O/c1-22-7-9(12(21-22)14(17,18)19)13(23)20-6-5-8-10(15)3-2-4-11(8)16/h2-4,7H,5-6H2,1H3,(H,20,23). The summed E-state index contributed by atoms with van der Waals surface area (Å²) in [4.78, 5) is 12.0. The van der Waals surface area contributed by atoms with Crippen molar-refractivity contribution in [3.8, 4) is 0 Å². The Bertz CT molecular complexity index is 708. The highest BCUT2D eigenvalue weighted by Crippen LogP contribution is 2.30. The number of nitrogens with zero attached hydrogens (tertiary/aromatic N) is 2. The molecule has 0 radical (unpaired) electrons. The Morgan fingerprint density at radius 3 is 2.48 bits per heavy atom. The Labute approximate surface area is 140 Å². The molecule has 23 heavy (non-hydrogen) atoms. The van der Waals surface area contributed by atoms with Gasteiger partial charge in [-0.1, -0.05) is 29.3 Å². The number of benzene rings is 1. The van der Waals surface area contributed by atoms with Crippen molar-refractivity contribution in [3.63, 3.8) is 0 Å². The molecule has 2 rings (SSSR count). The summed E-state index contributed by atoms with van der Waals surface area (Å²) in [5.41, 5.74) is -1.11. The van der Waals surface area contributed by atoms with Crippen LogP contribution >= 0.6 is 23.2 Å². The van der Waals surface area contributed by atoms with Crippen molar-refractivity contribution in [1.82, 2.24) is 15.1 Å². The van der Waals surface area contributed by atoms with Gasteiger partial charge < -0.3 is 5.32 Å². The molecule has 0 fully saturated rings. The van der Waals surface area contributed by atoms with E-state index in [9.17, 15) is 18.0 Å². The molecule has 0 aliphatic heterocycles. The fourth-order valence-electron chi connectivity index (χ4n) is 2.03. The number of amides is 1. The van der Waals surface area contributed by atoms with E-state index < -0.39 is 23.3 Å². The van der Waals surface area contributed by atoms with Crippen molar-refractivity contribution in [3.05, 3.63) is 51.3 Å². The molecule has 9 heteroatoms. The highest BCUT2D eigenvalue weighted by molar-refractivity contribution is 6.36. The number of rotatable bonds is 4. The summed E-state index contributed by atoms with van der Waals surface area (Å²) in [6, 6.07) is 4.97. The summed E-state index contributed by atoms with van der Waals surface area (Å²) in [5, 5.41) is 6.57. The van der Waals surface area contributed by atoms with Crippen molar-refractivity contribution in [2.45, 2.75) is 12.6 Å². The van der Waals surface area contributed by atoms with Crippen LogP contribution in [0.5, 0.6) is 0 Å². The molecule has 0 unspecified atom stereocenters. The maximum absolute atomic E-state index is 12.8. The van der Waals surface area contributed by atoms with Gasteiger partial charge in [-0.05, 0) is 24.1 Å². The van der Waals surface area contributed by atoms with Crippen LogP contribution in [0.1, 0.15) is 21.6 Å². The van der Waals surface area contributed by atoms with E-state index in [1.807, 2.05) is 0 Å². The molecule has 124 valence electrons. The summed E-state index contributed by atoms with van der Waals surface area (Å²) in [5.74, 6) is -0.853. The number of alkyl halides is 3. The highest BCUT2D eigenvalue weighted by Gasteiger charge is 2.38. The Hall–Kier alpha value is -1.73. The smallest absolute Gasteiger partial charge is 0.352 e. The predicted octanol–water partition coefficient (Wildman–Crippen LogP) is 3.72. The van der Waals surface area contributed by atoms with Gasteiger partial charge in [0, 0.05) is 29.8 Å². The first-order valence-electron chi connectivity index (χ1n) is 6.52. The molecule has 0 bridgehead atoms. The van der Waals surface area contributed by atoms with Crippen molar-refractivity contribution < 1.29 is 18.0 Å². The van der Waals surface area contributed by atoms with Gasteiger partial charge in [-0.15, -0.1) is 0 Å². The Balaban J connectivity index is 2.07. The minimum atomic E-state index is -4.69. The van der Waals surface area contributed by atoms with Gasteiger partial charge in [-0.25, -0.2) is 0 Å². The average Bonchev–Trinajstić information content (AvgIpc) is 2.84. The van der Waals surface area contributed by atoms with E-state index in [1.165, 1.54) is 7.05 Å². The topological polar surface area (TPSA) is 46.9 Å². The van der Waals surface area contributed by atoms with Crippen LogP contribution in [0.15, 0.2) is 24.4 Å². The number of halogens is 5. The van der Waals surface area contributed by atoms with Crippen LogP contribution < -0.4 is 5.32 Å². The van der Waals surface area contributed by atoms with E-state index >= 15 is 0 Å². The van der Waals surface area contributed by atoms with Crippen LogP contribution in [-0.4, -0.2) is 22.2 Å². The van der Waals surface area contributed by atoms with E-state index in [0.717, 1.165) is 10.9 Å². The number of hydrogen-bond donors (Lipinski definition) is 1. The number of carbonyl (C=O) groups excluding carboxylic acids is 1. The van der Waals surface area contributed by atoms with Crippen molar-refractivity contribution in [2.24, 2.45) is 7.05 Å². The third-order valence-electron chi connectivity index (χ3n) is 3.06. The second kappa shape index (κ2) is 6.80. The van der Waals surface area contributed by atoms with E-state index in [1.54, 1.807) is 18.2 Å². The quantitative estimate of drug-likeness (QED) is 0.897. The summed E-state index contributed by atoms with van der Waals surface area (Å²) in [6.45, 7) is 0.0917. The lowest BCUT2D eigenvalue weighted by Gasteiger charge is -2.09. The maximum atomic E-state index is 12.8. The number of hydrogen-bond acceptors (Lipinski definition) is 2. The minimum absolute atomic E-state index is 0.0917. The first kappa shape index (κ1) is 17.6. The molecule has 1 N–H and O–H groups in total. The fraction of sp³-hybridized carbons (Fsp3) is 0.286. The van der Waals surface area contributed by atoms with Gasteiger partial charge in [0.2, 0.25) is 0 Å². The first-order chi connectivity index (χ1) is 10.7. The van der Waals surface area contributed by atoms with Crippen LogP contribution in [0.2, 0.25) is 10.0 Å². The largest absolute Gasteiger partial charge is 0.435 e. The molecule has 1 amide bonds. The third-order valence-corrected chi connectivity index (χ3v) is 3.77. The number of carbonyl (C=O) groups is 1. The Kier molecular flexibility index (Phi) is 5.21. The van der Waals surface area contributed by atoms with Crippen molar-refractivity contribution in [2.75, 3.05) is 6.54 Å². The van der Waals surface area contributed by atoms with Gasteiger partial charge in [0.15, 0.2) is 5.69 Å². The molecule has 0 saturated carbocycles. The molecule has 4 nitrogen and oxygen atoms in total. The van der Waals surface area contributed by atoms with Crippen molar-refractivity contribution in [1.29, 1.82) is 0 Å². The predicted molar refractivity (Wildman–Crippen MR) is 80.7 cm³/mol. The highest BCUT2D eigenvalue weighted by atomic mass is 35.5. The molecule has 2 aromatic rings. The lowest BCUT2D eigenvalue weighted by molar-refractivity contribution is -0.141. The van der Waals surface area contributed by atoms with Crippen LogP contribution in [0.4, 0.5) is 13.2 Å². The second-order valence-electron chi connectivity index (χ2n) is 4.77. The minimum Gasteiger partial charge on any atom is -0.352 e. The monoisotopic (exact) mass is 365 g/mol. The van der Waals surface area contributed by atoms with E-state index in [2.05, 4.69) is 10.4 Å². The van der Waals surface area contributed by atoms with Gasteiger partial charge in [-0.3, -0.25) is 9.48 Å². The van der Waals surface area contributed by atoms with Gasteiger partial charge in [-0.2, -0.15) is 18.3 Å². The average molecular weight is 366 g/mol. The molecular formula is C14H12Cl2F3N3O. The second-order valence-corrected chi connectivity index (χ2v) is 5.58. The first-order valence-corrected chi connectivity index (χ1v) is 7.27. The lowest BCUT2D eigenvalue weighted by atomic mass is 10.1. The molecule has 1 heterocycles.